The molecule has 0 aliphatic carbocycles. The summed E-state index contributed by atoms with van der Waals surface area (Å²) in [6, 6.07) is 0. The van der Waals surface area contributed by atoms with E-state index in [1.54, 1.807) is 24.9 Å². The van der Waals surface area contributed by atoms with Crippen molar-refractivity contribution in [3.63, 3.8) is 0 Å². The van der Waals surface area contributed by atoms with Gasteiger partial charge in [-0.2, -0.15) is 5.10 Å². The van der Waals surface area contributed by atoms with Crippen molar-refractivity contribution in [2.75, 3.05) is 17.6 Å². The molecule has 1 atom stereocenters. The summed E-state index contributed by atoms with van der Waals surface area (Å²) in [5.41, 5.74) is 5.56. The van der Waals surface area contributed by atoms with Gasteiger partial charge < -0.3 is 16.2 Å². The lowest BCUT2D eigenvalue weighted by molar-refractivity contribution is 0.0696. The van der Waals surface area contributed by atoms with E-state index in [9.17, 15) is 5.11 Å². The molecule has 0 bridgehead atoms. The minimum Gasteiger partial charge on any atom is -0.394 e. The van der Waals surface area contributed by atoms with Crippen molar-refractivity contribution in [3.8, 4) is 0 Å². The Bertz CT molecular complexity index is 306. The third-order valence-corrected chi connectivity index (χ3v) is 2.26. The number of nitrogens with one attached hydrogen (secondary N) is 1. The van der Waals surface area contributed by atoms with Crippen LogP contribution in [0.15, 0.2) is 6.20 Å². The van der Waals surface area contributed by atoms with Gasteiger partial charge in [0.25, 0.3) is 0 Å². The third kappa shape index (κ3) is 2.63. The summed E-state index contributed by atoms with van der Waals surface area (Å²) in [6.45, 7) is 4.16. The number of aliphatic hydroxyl groups is 1. The average molecular weight is 198 g/mol. The number of hydrogen-bond donors (Lipinski definition) is 3. The molecule has 0 radical (unpaired) electrons. The van der Waals surface area contributed by atoms with E-state index < -0.39 is 5.60 Å². The molecule has 1 heterocycles. The van der Waals surface area contributed by atoms with Crippen LogP contribution >= 0.6 is 0 Å². The van der Waals surface area contributed by atoms with Gasteiger partial charge in [0.15, 0.2) is 5.82 Å². The van der Waals surface area contributed by atoms with Gasteiger partial charge in [-0.3, -0.25) is 4.68 Å². The van der Waals surface area contributed by atoms with Crippen molar-refractivity contribution in [1.29, 1.82) is 0 Å². The van der Waals surface area contributed by atoms with Crippen LogP contribution in [0.2, 0.25) is 0 Å². The van der Waals surface area contributed by atoms with Crippen molar-refractivity contribution < 1.29 is 5.11 Å². The largest absolute Gasteiger partial charge is 0.394 e. The monoisotopic (exact) mass is 198 g/mol. The molecule has 0 aliphatic heterocycles. The van der Waals surface area contributed by atoms with E-state index in [1.165, 1.54) is 0 Å². The number of anilines is 2. The maximum Gasteiger partial charge on any atom is 0.171 e. The van der Waals surface area contributed by atoms with Gasteiger partial charge in [0.05, 0.1) is 11.3 Å². The first-order chi connectivity index (χ1) is 6.44. The van der Waals surface area contributed by atoms with Crippen LogP contribution in [0.1, 0.15) is 20.3 Å². The molecule has 1 rings (SSSR count). The summed E-state index contributed by atoms with van der Waals surface area (Å²) in [4.78, 5) is 0. The van der Waals surface area contributed by atoms with Crippen LogP contribution < -0.4 is 11.1 Å². The fraction of sp³-hybridized carbons (Fsp3) is 0.667. The van der Waals surface area contributed by atoms with E-state index in [-0.39, 0.29) is 0 Å². The van der Waals surface area contributed by atoms with Gasteiger partial charge in [-0.15, -0.1) is 0 Å². The Kier molecular flexibility index (Phi) is 3.00. The lowest BCUT2D eigenvalue weighted by Gasteiger charge is -2.21. The number of nitrogens with two attached hydrogens (primary N) is 1. The lowest BCUT2D eigenvalue weighted by Crippen LogP contribution is -2.32. The van der Waals surface area contributed by atoms with Crippen molar-refractivity contribution in [2.45, 2.75) is 25.9 Å². The summed E-state index contributed by atoms with van der Waals surface area (Å²) in [6.07, 6.45) is 2.41. The van der Waals surface area contributed by atoms with E-state index in [0.29, 0.717) is 24.5 Å². The Morgan fingerprint density at radius 2 is 2.36 bits per heavy atom. The van der Waals surface area contributed by atoms with Crippen molar-refractivity contribution in [3.05, 3.63) is 6.20 Å². The van der Waals surface area contributed by atoms with Gasteiger partial charge in [0.2, 0.25) is 0 Å². The summed E-state index contributed by atoms with van der Waals surface area (Å²) < 4.78 is 1.64. The van der Waals surface area contributed by atoms with Gasteiger partial charge in [-0.25, -0.2) is 0 Å². The van der Waals surface area contributed by atoms with Crippen LogP contribution in [0.3, 0.4) is 0 Å². The van der Waals surface area contributed by atoms with E-state index in [4.69, 9.17) is 5.73 Å². The summed E-state index contributed by atoms with van der Waals surface area (Å²) in [5.74, 6) is 0.626. The summed E-state index contributed by atoms with van der Waals surface area (Å²) in [5, 5.41) is 16.9. The first-order valence-electron chi connectivity index (χ1n) is 4.70. The molecule has 5 nitrogen and oxygen atoms in total. The first kappa shape index (κ1) is 10.8. The molecule has 1 aromatic heterocycles. The fourth-order valence-electron chi connectivity index (χ4n) is 1.04. The minimum atomic E-state index is -0.718. The molecular formula is C9H18N4O. The van der Waals surface area contributed by atoms with Gasteiger partial charge in [0, 0.05) is 19.8 Å². The Balaban J connectivity index is 2.58. The minimum absolute atomic E-state index is 0.449. The zero-order valence-corrected chi connectivity index (χ0v) is 8.91. The Labute approximate surface area is 83.9 Å². The molecule has 0 spiro atoms. The fourth-order valence-corrected chi connectivity index (χ4v) is 1.04. The number of rotatable bonds is 4. The van der Waals surface area contributed by atoms with Gasteiger partial charge in [0.1, 0.15) is 0 Å². The van der Waals surface area contributed by atoms with Crippen LogP contribution in [0.25, 0.3) is 0 Å². The Morgan fingerprint density at radius 3 is 2.79 bits per heavy atom. The highest BCUT2D eigenvalue weighted by Crippen LogP contribution is 2.16. The van der Waals surface area contributed by atoms with E-state index >= 15 is 0 Å². The number of hydrogen-bond acceptors (Lipinski definition) is 4. The number of aryl methyl sites for hydroxylation is 1. The molecule has 80 valence electrons. The Hall–Kier alpha value is -1.23. The van der Waals surface area contributed by atoms with Crippen molar-refractivity contribution in [1.82, 2.24) is 9.78 Å². The van der Waals surface area contributed by atoms with Crippen LogP contribution in [0, 0.1) is 0 Å². The number of nitrogen functional groups attached to an aromatic ring is 1. The van der Waals surface area contributed by atoms with Crippen LogP contribution in [0.4, 0.5) is 11.5 Å². The van der Waals surface area contributed by atoms with E-state index in [0.717, 1.165) is 0 Å². The molecule has 1 aromatic rings. The highest BCUT2D eigenvalue weighted by atomic mass is 16.3. The van der Waals surface area contributed by atoms with E-state index in [1.807, 2.05) is 6.92 Å². The van der Waals surface area contributed by atoms with Crippen molar-refractivity contribution in [2.24, 2.45) is 7.05 Å². The molecule has 0 saturated heterocycles. The standard InChI is InChI=1S/C9H18N4O/c1-4-9(2,14)6-11-8-7(10)5-13(3)12-8/h5,14H,4,6,10H2,1-3H3,(H,11,12). The van der Waals surface area contributed by atoms with Crippen LogP contribution in [0.5, 0.6) is 0 Å². The van der Waals surface area contributed by atoms with Gasteiger partial charge in [-0.05, 0) is 13.3 Å². The second-order valence-electron chi connectivity index (χ2n) is 3.81. The molecule has 0 aliphatic rings. The molecular weight excluding hydrogens is 180 g/mol. The van der Waals surface area contributed by atoms with Crippen LogP contribution in [-0.2, 0) is 7.05 Å². The molecule has 4 N–H and O–H groups in total. The molecule has 1 unspecified atom stereocenters. The highest BCUT2D eigenvalue weighted by molar-refractivity contribution is 5.59. The van der Waals surface area contributed by atoms with E-state index in [2.05, 4.69) is 10.4 Å². The predicted octanol–water partition coefficient (Wildman–Crippen LogP) is 0.575. The number of nitrogens with zero attached hydrogens (tertiary/aromatic N) is 2. The average Bonchev–Trinajstić information content (AvgIpc) is 2.42. The zero-order chi connectivity index (χ0) is 10.8. The zero-order valence-electron chi connectivity index (χ0n) is 8.91. The third-order valence-electron chi connectivity index (χ3n) is 2.26. The second-order valence-corrected chi connectivity index (χ2v) is 3.81. The molecule has 14 heavy (non-hydrogen) atoms. The number of aromatic nitrogens is 2. The smallest absolute Gasteiger partial charge is 0.171 e. The lowest BCUT2D eigenvalue weighted by atomic mass is 10.0. The molecule has 0 aromatic carbocycles. The topological polar surface area (TPSA) is 76.1 Å². The maximum absolute atomic E-state index is 9.74. The second kappa shape index (κ2) is 3.88. The molecule has 0 amide bonds. The van der Waals surface area contributed by atoms with Crippen molar-refractivity contribution >= 4 is 11.5 Å². The summed E-state index contributed by atoms with van der Waals surface area (Å²) in [7, 11) is 1.81. The van der Waals surface area contributed by atoms with Gasteiger partial charge in [-0.1, -0.05) is 6.92 Å². The molecule has 0 fully saturated rings. The Morgan fingerprint density at radius 1 is 1.71 bits per heavy atom. The highest BCUT2D eigenvalue weighted by Gasteiger charge is 2.17. The predicted molar refractivity (Wildman–Crippen MR) is 57.0 cm³/mol. The maximum atomic E-state index is 9.74. The molecule has 5 heteroatoms. The SMILES string of the molecule is CCC(C)(O)CNc1nn(C)cc1N. The quantitative estimate of drug-likeness (QED) is 0.661. The van der Waals surface area contributed by atoms with Crippen LogP contribution in [-0.4, -0.2) is 27.0 Å². The first-order valence-corrected chi connectivity index (χ1v) is 4.70. The molecule has 0 saturated carbocycles. The normalized spacial score (nSPS) is 15.1. The van der Waals surface area contributed by atoms with Gasteiger partial charge >= 0.3 is 0 Å². The summed E-state index contributed by atoms with van der Waals surface area (Å²) >= 11 is 0.